The van der Waals surface area contributed by atoms with Crippen molar-refractivity contribution in [1.82, 2.24) is 0 Å². The minimum atomic E-state index is -0.475. The molecule has 0 aliphatic heterocycles. The predicted molar refractivity (Wildman–Crippen MR) is 124 cm³/mol. The zero-order chi connectivity index (χ0) is 22.9. The summed E-state index contributed by atoms with van der Waals surface area (Å²) in [5, 5.41) is 8.70. The van der Waals surface area contributed by atoms with Crippen LogP contribution in [-0.4, -0.2) is 13.1 Å². The van der Waals surface area contributed by atoms with Crippen molar-refractivity contribution in [1.29, 1.82) is 5.26 Å². The van der Waals surface area contributed by atoms with E-state index >= 15 is 0 Å². The summed E-state index contributed by atoms with van der Waals surface area (Å²) < 4.78 is 17.8. The van der Waals surface area contributed by atoms with E-state index in [9.17, 15) is 9.18 Å². The van der Waals surface area contributed by atoms with E-state index in [2.05, 4.69) is 0 Å². The summed E-state index contributed by atoms with van der Waals surface area (Å²) in [6.07, 6.45) is 0. The van der Waals surface area contributed by atoms with Crippen LogP contribution in [0.4, 0.5) is 10.1 Å². The molecular weight excluding hydrogens is 403 g/mol. The molecule has 0 bridgehead atoms. The summed E-state index contributed by atoms with van der Waals surface area (Å²) in [5.74, 6) is -0.853. The molecule has 4 rings (SSSR count). The van der Waals surface area contributed by atoms with E-state index in [0.29, 0.717) is 11.3 Å². The number of nitrogens with two attached hydrogens (primary N) is 1. The molecule has 0 aliphatic carbocycles. The van der Waals surface area contributed by atoms with Gasteiger partial charge in [0.15, 0.2) is 0 Å². The van der Waals surface area contributed by atoms with Crippen LogP contribution >= 0.6 is 0 Å². The molecule has 158 valence electrons. The molecule has 32 heavy (non-hydrogen) atoms. The highest BCUT2D eigenvalue weighted by Crippen LogP contribution is 2.26. The van der Waals surface area contributed by atoms with Gasteiger partial charge in [0.25, 0.3) is 0 Å². The Hall–Kier alpha value is -4.43. The van der Waals surface area contributed by atoms with Crippen molar-refractivity contribution in [3.63, 3.8) is 0 Å². The van der Waals surface area contributed by atoms with Gasteiger partial charge in [0.05, 0.1) is 18.2 Å². The Balaban J connectivity index is 0.000000182. The van der Waals surface area contributed by atoms with E-state index in [1.807, 2.05) is 72.8 Å². The highest BCUT2D eigenvalue weighted by Gasteiger charge is 2.13. The molecule has 4 aromatic carbocycles. The third-order valence-electron chi connectivity index (χ3n) is 4.73. The minimum absolute atomic E-state index is 0.0800. The number of benzene rings is 4. The normalized spacial score (nSPS) is 9.78. The third kappa shape index (κ3) is 5.38. The summed E-state index contributed by atoms with van der Waals surface area (Å²) in [7, 11) is 1.36. The van der Waals surface area contributed by atoms with E-state index in [0.717, 1.165) is 22.3 Å². The molecule has 5 heteroatoms. The van der Waals surface area contributed by atoms with Gasteiger partial charge in [0.2, 0.25) is 0 Å². The SMILES string of the molecule is COC(=O)c1cc(N)ccc1-c1ccccc1.N#Cc1cc(-c2ccccc2)ccc1F. The maximum Gasteiger partial charge on any atom is 0.338 e. The average molecular weight is 424 g/mol. The molecule has 4 aromatic rings. The number of rotatable bonds is 3. The van der Waals surface area contributed by atoms with Gasteiger partial charge in [-0.1, -0.05) is 72.8 Å². The van der Waals surface area contributed by atoms with Gasteiger partial charge in [-0.2, -0.15) is 5.26 Å². The van der Waals surface area contributed by atoms with Crippen molar-refractivity contribution in [2.75, 3.05) is 12.8 Å². The van der Waals surface area contributed by atoms with E-state index in [1.54, 1.807) is 24.3 Å². The molecule has 4 nitrogen and oxygen atoms in total. The first-order valence-electron chi connectivity index (χ1n) is 9.82. The fourth-order valence-corrected chi connectivity index (χ4v) is 3.13. The summed E-state index contributed by atoms with van der Waals surface area (Å²) in [5.41, 5.74) is 10.4. The molecule has 0 aromatic heterocycles. The molecule has 0 saturated carbocycles. The first-order chi connectivity index (χ1) is 15.5. The quantitative estimate of drug-likeness (QED) is 0.319. The number of carbonyl (C=O) groups excluding carboxylic acids is 1. The van der Waals surface area contributed by atoms with Crippen LogP contribution in [0.1, 0.15) is 15.9 Å². The molecule has 0 radical (unpaired) electrons. The van der Waals surface area contributed by atoms with Gasteiger partial charge in [0, 0.05) is 5.69 Å². The molecule has 0 aliphatic rings. The van der Waals surface area contributed by atoms with Crippen LogP contribution in [0.5, 0.6) is 0 Å². The Kier molecular flexibility index (Phi) is 7.34. The number of esters is 1. The molecule has 2 N–H and O–H groups in total. The monoisotopic (exact) mass is 424 g/mol. The van der Waals surface area contributed by atoms with Gasteiger partial charge in [-0.15, -0.1) is 0 Å². The van der Waals surface area contributed by atoms with E-state index < -0.39 is 5.82 Å². The predicted octanol–water partition coefficient (Wildman–Crippen LogP) is 6.09. The lowest BCUT2D eigenvalue weighted by Gasteiger charge is -2.08. The van der Waals surface area contributed by atoms with E-state index in [1.165, 1.54) is 13.2 Å². The lowest BCUT2D eigenvalue weighted by molar-refractivity contribution is 0.0601. The number of hydrogen-bond acceptors (Lipinski definition) is 4. The third-order valence-corrected chi connectivity index (χ3v) is 4.73. The largest absolute Gasteiger partial charge is 0.465 e. The van der Waals surface area contributed by atoms with Gasteiger partial charge >= 0.3 is 5.97 Å². The summed E-state index contributed by atoms with van der Waals surface area (Å²) in [6.45, 7) is 0. The standard InChI is InChI=1S/C14H13NO2.C13H8FN/c1-17-14(16)13-9-11(15)7-8-12(13)10-5-3-2-4-6-10;14-13-7-6-11(8-12(13)9-15)10-4-2-1-3-5-10/h2-9H,15H2,1H3;1-8H. The molecule has 0 unspecified atom stereocenters. The minimum Gasteiger partial charge on any atom is -0.465 e. The number of carbonyl (C=O) groups is 1. The Morgan fingerprint density at radius 1 is 0.844 bits per heavy atom. The van der Waals surface area contributed by atoms with Crippen LogP contribution in [0, 0.1) is 17.1 Å². The number of ether oxygens (including phenoxy) is 1. The van der Waals surface area contributed by atoms with E-state index in [4.69, 9.17) is 15.7 Å². The van der Waals surface area contributed by atoms with Crippen LogP contribution in [0.2, 0.25) is 0 Å². The van der Waals surface area contributed by atoms with Gasteiger partial charge in [-0.3, -0.25) is 0 Å². The van der Waals surface area contributed by atoms with Crippen molar-refractivity contribution >= 4 is 11.7 Å². The number of nitriles is 1. The maximum atomic E-state index is 13.1. The van der Waals surface area contributed by atoms with Gasteiger partial charge < -0.3 is 10.5 Å². The number of nitrogens with zero attached hydrogens (tertiary/aromatic N) is 1. The van der Waals surface area contributed by atoms with Gasteiger partial charge in [-0.05, 0) is 46.5 Å². The number of anilines is 1. The first kappa shape index (κ1) is 22.3. The zero-order valence-electron chi connectivity index (χ0n) is 17.5. The van der Waals surface area contributed by atoms with Crippen LogP contribution in [0.25, 0.3) is 22.3 Å². The first-order valence-corrected chi connectivity index (χ1v) is 9.82. The molecular formula is C27H21FN2O2. The molecule has 0 amide bonds. The lowest BCUT2D eigenvalue weighted by atomic mass is 9.99. The molecule has 0 heterocycles. The van der Waals surface area contributed by atoms with E-state index in [-0.39, 0.29) is 11.5 Å². The highest BCUT2D eigenvalue weighted by molar-refractivity contribution is 5.98. The second kappa shape index (κ2) is 10.6. The van der Waals surface area contributed by atoms with Crippen LogP contribution in [-0.2, 0) is 4.74 Å². The fourth-order valence-electron chi connectivity index (χ4n) is 3.13. The van der Waals surface area contributed by atoms with Crippen molar-refractivity contribution < 1.29 is 13.9 Å². The number of halogens is 1. The van der Waals surface area contributed by atoms with Crippen molar-refractivity contribution in [2.24, 2.45) is 0 Å². The summed E-state index contributed by atoms with van der Waals surface area (Å²) in [4.78, 5) is 11.7. The Labute approximate surface area is 186 Å². The topological polar surface area (TPSA) is 76.1 Å². The number of hydrogen-bond donors (Lipinski definition) is 1. The lowest BCUT2D eigenvalue weighted by Crippen LogP contribution is -2.04. The maximum absolute atomic E-state index is 13.1. The Morgan fingerprint density at radius 2 is 1.47 bits per heavy atom. The molecule has 0 saturated heterocycles. The summed E-state index contributed by atoms with van der Waals surface area (Å²) in [6, 6.07) is 30.9. The zero-order valence-corrected chi connectivity index (χ0v) is 17.5. The molecule has 0 spiro atoms. The van der Waals surface area contributed by atoms with Gasteiger partial charge in [0.1, 0.15) is 11.9 Å². The Morgan fingerprint density at radius 3 is 2.06 bits per heavy atom. The smallest absolute Gasteiger partial charge is 0.338 e. The average Bonchev–Trinajstić information content (AvgIpc) is 2.85. The number of methoxy groups -OCH3 is 1. The number of nitrogen functional groups attached to an aromatic ring is 1. The second-order valence-electron chi connectivity index (χ2n) is 6.84. The second-order valence-corrected chi connectivity index (χ2v) is 6.84. The molecule has 0 fully saturated rings. The van der Waals surface area contributed by atoms with Crippen LogP contribution in [0.3, 0.4) is 0 Å². The van der Waals surface area contributed by atoms with Crippen LogP contribution in [0.15, 0.2) is 97.1 Å². The Bertz CT molecular complexity index is 1250. The van der Waals surface area contributed by atoms with Gasteiger partial charge in [-0.25, -0.2) is 9.18 Å². The van der Waals surface area contributed by atoms with Crippen LogP contribution < -0.4 is 5.73 Å². The molecule has 0 atom stereocenters. The van der Waals surface area contributed by atoms with Crippen molar-refractivity contribution in [3.8, 4) is 28.3 Å². The highest BCUT2D eigenvalue weighted by atomic mass is 19.1. The summed E-state index contributed by atoms with van der Waals surface area (Å²) >= 11 is 0. The van der Waals surface area contributed by atoms with Crippen molar-refractivity contribution in [3.05, 3.63) is 114 Å². The fraction of sp³-hybridized carbons (Fsp3) is 0.0370. The van der Waals surface area contributed by atoms with Crippen molar-refractivity contribution in [2.45, 2.75) is 0 Å².